The fourth-order valence-electron chi connectivity index (χ4n) is 5.27. The summed E-state index contributed by atoms with van der Waals surface area (Å²) in [5, 5.41) is 15.8. The van der Waals surface area contributed by atoms with Crippen molar-refractivity contribution < 1.29 is 14.6 Å². The van der Waals surface area contributed by atoms with Crippen molar-refractivity contribution in [2.45, 2.75) is 59.6 Å². The van der Waals surface area contributed by atoms with Crippen LogP contribution in [-0.2, 0) is 11.2 Å². The van der Waals surface area contributed by atoms with Gasteiger partial charge < -0.3 is 15.2 Å². The zero-order valence-corrected chi connectivity index (χ0v) is 24.0. The molecule has 0 aliphatic heterocycles. The number of ether oxygens (including phenoxy) is 1. The van der Waals surface area contributed by atoms with Crippen LogP contribution in [0.4, 0.5) is 0 Å². The average Bonchev–Trinajstić information content (AvgIpc) is 2.91. The number of carboxylic acids is 1. The molecule has 4 rings (SSSR count). The van der Waals surface area contributed by atoms with Gasteiger partial charge in [0.05, 0.1) is 18.3 Å². The SMILES string of the molecule is Cc1c(C(=O)O)ccc(-c2ccccc2C(C)OC[C@H](C)CNC(C)(C)Cc2ccc3ccccc3c2)c1C. The Bertz CT molecular complexity index is 1460. The lowest BCUT2D eigenvalue weighted by Crippen LogP contribution is -2.44. The topological polar surface area (TPSA) is 58.6 Å². The Hall–Kier alpha value is -3.47. The maximum Gasteiger partial charge on any atom is 0.335 e. The highest BCUT2D eigenvalue weighted by atomic mass is 16.5. The molecule has 2 N–H and O–H groups in total. The fraction of sp³-hybridized carbons (Fsp3) is 0.343. The van der Waals surface area contributed by atoms with E-state index in [0.717, 1.165) is 40.8 Å². The Balaban J connectivity index is 1.36. The third-order valence-electron chi connectivity index (χ3n) is 7.73. The van der Waals surface area contributed by atoms with Gasteiger partial charge in [-0.25, -0.2) is 4.79 Å². The van der Waals surface area contributed by atoms with Gasteiger partial charge in [0.25, 0.3) is 0 Å². The van der Waals surface area contributed by atoms with E-state index in [2.05, 4.69) is 87.6 Å². The summed E-state index contributed by atoms with van der Waals surface area (Å²) in [5.74, 6) is -0.551. The highest BCUT2D eigenvalue weighted by Crippen LogP contribution is 2.34. The number of carboxylic acid groups (broad SMARTS) is 1. The fourth-order valence-corrected chi connectivity index (χ4v) is 5.27. The predicted molar refractivity (Wildman–Crippen MR) is 162 cm³/mol. The number of nitrogens with one attached hydrogen (secondary N) is 1. The minimum absolute atomic E-state index is 0.0353. The van der Waals surface area contributed by atoms with Crippen molar-refractivity contribution in [3.8, 4) is 11.1 Å². The average molecular weight is 524 g/mol. The summed E-state index contributed by atoms with van der Waals surface area (Å²) in [6.45, 7) is 14.2. The standard InChI is InChI=1S/C35H41NO3/c1-23(21-36-35(5,6)20-27-15-16-28-11-7-8-12-29(28)19-27)22-39-26(4)32-13-9-10-14-33(32)30-17-18-31(34(37)38)25(3)24(30)2/h7-19,23,26,36H,20-22H2,1-6H3,(H,37,38)/t23-,26?/m1/s1. The van der Waals surface area contributed by atoms with Crippen LogP contribution in [0.15, 0.2) is 78.9 Å². The summed E-state index contributed by atoms with van der Waals surface area (Å²) in [4.78, 5) is 11.6. The molecule has 0 saturated carbocycles. The first-order chi connectivity index (χ1) is 18.6. The van der Waals surface area contributed by atoms with Gasteiger partial charge in [0.1, 0.15) is 0 Å². The smallest absolute Gasteiger partial charge is 0.335 e. The molecule has 2 atom stereocenters. The Morgan fingerprint density at radius 1 is 0.872 bits per heavy atom. The van der Waals surface area contributed by atoms with Crippen LogP contribution in [0.3, 0.4) is 0 Å². The zero-order valence-electron chi connectivity index (χ0n) is 24.0. The zero-order chi connectivity index (χ0) is 28.2. The van der Waals surface area contributed by atoms with Gasteiger partial charge in [-0.3, -0.25) is 0 Å². The quantitative estimate of drug-likeness (QED) is 0.208. The van der Waals surface area contributed by atoms with E-state index in [1.807, 2.05) is 32.0 Å². The lowest BCUT2D eigenvalue weighted by molar-refractivity contribution is 0.0421. The Kier molecular flexibility index (Phi) is 8.89. The number of fused-ring (bicyclic) bond motifs is 1. The number of hydrogen-bond donors (Lipinski definition) is 2. The summed E-state index contributed by atoms with van der Waals surface area (Å²) < 4.78 is 6.38. The van der Waals surface area contributed by atoms with Crippen molar-refractivity contribution in [3.05, 3.63) is 107 Å². The number of carbonyl (C=O) groups is 1. The van der Waals surface area contributed by atoms with Crippen molar-refractivity contribution in [2.24, 2.45) is 5.92 Å². The first-order valence-corrected chi connectivity index (χ1v) is 13.8. The van der Waals surface area contributed by atoms with Gasteiger partial charge in [0, 0.05) is 12.1 Å². The maximum atomic E-state index is 11.6. The normalized spacial score (nSPS) is 13.4. The third-order valence-corrected chi connectivity index (χ3v) is 7.73. The largest absolute Gasteiger partial charge is 0.478 e. The van der Waals surface area contributed by atoms with E-state index in [4.69, 9.17) is 4.74 Å². The van der Waals surface area contributed by atoms with E-state index in [1.54, 1.807) is 6.07 Å². The van der Waals surface area contributed by atoms with E-state index < -0.39 is 5.97 Å². The molecule has 0 saturated heterocycles. The first-order valence-electron chi connectivity index (χ1n) is 13.8. The molecule has 4 nitrogen and oxygen atoms in total. The van der Waals surface area contributed by atoms with Gasteiger partial charge in [0.2, 0.25) is 0 Å². The molecule has 0 fully saturated rings. The molecule has 0 amide bonds. The highest BCUT2D eigenvalue weighted by Gasteiger charge is 2.21. The van der Waals surface area contributed by atoms with Crippen molar-refractivity contribution >= 4 is 16.7 Å². The molecule has 204 valence electrons. The summed E-state index contributed by atoms with van der Waals surface area (Å²) >= 11 is 0. The first kappa shape index (κ1) is 28.5. The predicted octanol–water partition coefficient (Wildman–Crippen LogP) is 8.15. The van der Waals surface area contributed by atoms with Gasteiger partial charge in [-0.1, -0.05) is 79.7 Å². The molecular weight excluding hydrogens is 482 g/mol. The maximum absolute atomic E-state index is 11.6. The second-order valence-electron chi connectivity index (χ2n) is 11.5. The van der Waals surface area contributed by atoms with E-state index >= 15 is 0 Å². The van der Waals surface area contributed by atoms with Crippen LogP contribution in [0.2, 0.25) is 0 Å². The van der Waals surface area contributed by atoms with Crippen molar-refractivity contribution in [3.63, 3.8) is 0 Å². The van der Waals surface area contributed by atoms with E-state index in [9.17, 15) is 9.90 Å². The molecule has 4 aromatic rings. The van der Waals surface area contributed by atoms with Gasteiger partial charge >= 0.3 is 5.97 Å². The molecule has 0 bridgehead atoms. The number of rotatable bonds is 11. The molecule has 1 unspecified atom stereocenters. The molecule has 0 heterocycles. The molecule has 0 aliphatic rings. The molecule has 4 heteroatoms. The second-order valence-corrected chi connectivity index (χ2v) is 11.5. The van der Waals surface area contributed by atoms with Crippen LogP contribution >= 0.6 is 0 Å². The van der Waals surface area contributed by atoms with E-state index in [0.29, 0.717) is 18.1 Å². The molecular formula is C35H41NO3. The van der Waals surface area contributed by atoms with Crippen LogP contribution < -0.4 is 5.32 Å². The summed E-state index contributed by atoms with van der Waals surface area (Å²) in [6.07, 6.45) is 0.863. The minimum atomic E-state index is -0.893. The lowest BCUT2D eigenvalue weighted by atomic mass is 9.90. The van der Waals surface area contributed by atoms with Crippen LogP contribution in [0.5, 0.6) is 0 Å². The summed E-state index contributed by atoms with van der Waals surface area (Å²) in [6, 6.07) is 27.1. The number of hydrogen-bond acceptors (Lipinski definition) is 3. The summed E-state index contributed by atoms with van der Waals surface area (Å²) in [7, 11) is 0. The lowest BCUT2D eigenvalue weighted by Gasteiger charge is -2.29. The Morgan fingerprint density at radius 2 is 1.56 bits per heavy atom. The van der Waals surface area contributed by atoms with Gasteiger partial charge in [0.15, 0.2) is 0 Å². The van der Waals surface area contributed by atoms with Crippen LogP contribution in [0.25, 0.3) is 21.9 Å². The van der Waals surface area contributed by atoms with Gasteiger partial charge in [-0.15, -0.1) is 0 Å². The van der Waals surface area contributed by atoms with Gasteiger partial charge in [-0.2, -0.15) is 0 Å². The van der Waals surface area contributed by atoms with E-state index in [-0.39, 0.29) is 11.6 Å². The van der Waals surface area contributed by atoms with Crippen molar-refractivity contribution in [1.82, 2.24) is 5.32 Å². The molecule has 4 aromatic carbocycles. The molecule has 0 aromatic heterocycles. The Morgan fingerprint density at radius 3 is 2.31 bits per heavy atom. The van der Waals surface area contributed by atoms with Gasteiger partial charge in [-0.05, 0) is 97.2 Å². The molecule has 39 heavy (non-hydrogen) atoms. The van der Waals surface area contributed by atoms with E-state index in [1.165, 1.54) is 16.3 Å². The minimum Gasteiger partial charge on any atom is -0.478 e. The van der Waals surface area contributed by atoms with Crippen LogP contribution in [-0.4, -0.2) is 29.8 Å². The van der Waals surface area contributed by atoms with Crippen molar-refractivity contribution in [2.75, 3.05) is 13.2 Å². The second kappa shape index (κ2) is 12.1. The van der Waals surface area contributed by atoms with Crippen LogP contribution in [0.1, 0.15) is 66.4 Å². The molecule has 0 radical (unpaired) electrons. The third kappa shape index (κ3) is 6.95. The molecule has 0 aliphatic carbocycles. The monoisotopic (exact) mass is 523 g/mol. The van der Waals surface area contributed by atoms with Crippen molar-refractivity contribution in [1.29, 1.82) is 0 Å². The number of benzene rings is 4. The molecule has 0 spiro atoms. The summed E-state index contributed by atoms with van der Waals surface area (Å²) in [5.41, 5.74) is 6.69. The van der Waals surface area contributed by atoms with Crippen LogP contribution in [0, 0.1) is 19.8 Å². The highest BCUT2D eigenvalue weighted by molar-refractivity contribution is 5.91. The number of aromatic carboxylic acids is 1. The Labute approximate surface area is 233 Å².